The summed E-state index contributed by atoms with van der Waals surface area (Å²) in [6, 6.07) is 12.2. The van der Waals surface area contributed by atoms with E-state index in [1.807, 2.05) is 12.1 Å². The molecule has 2 aromatic carbocycles. The molecule has 1 unspecified atom stereocenters. The molecule has 0 aromatic heterocycles. The van der Waals surface area contributed by atoms with Crippen LogP contribution in [0.5, 0.6) is 5.75 Å². The molecule has 0 N–H and O–H groups in total. The van der Waals surface area contributed by atoms with Gasteiger partial charge in [-0.05, 0) is 56.7 Å². The monoisotopic (exact) mass is 373 g/mol. The van der Waals surface area contributed by atoms with Crippen LogP contribution in [0, 0.1) is 0 Å². The Labute approximate surface area is 157 Å². The minimum atomic E-state index is -0.566. The van der Waals surface area contributed by atoms with Gasteiger partial charge >= 0.3 is 5.97 Å². The van der Waals surface area contributed by atoms with Gasteiger partial charge in [-0.3, -0.25) is 4.79 Å². The Morgan fingerprint density at radius 3 is 2.58 bits per heavy atom. The van der Waals surface area contributed by atoms with Crippen molar-refractivity contribution in [2.75, 3.05) is 4.90 Å². The first-order valence-electron chi connectivity index (χ1n) is 8.42. The lowest BCUT2D eigenvalue weighted by molar-refractivity contribution is -0.125. The zero-order chi connectivity index (χ0) is 18.8. The van der Waals surface area contributed by atoms with Crippen LogP contribution in [0.25, 0.3) is 0 Å². The fourth-order valence-corrected chi connectivity index (χ4v) is 2.92. The van der Waals surface area contributed by atoms with Gasteiger partial charge in [-0.1, -0.05) is 23.7 Å². The van der Waals surface area contributed by atoms with Crippen molar-refractivity contribution in [1.82, 2.24) is 0 Å². The average Bonchev–Trinajstić information content (AvgIpc) is 2.59. The van der Waals surface area contributed by atoms with Crippen LogP contribution in [0.3, 0.4) is 0 Å². The number of amides is 1. The van der Waals surface area contributed by atoms with Crippen molar-refractivity contribution in [3.63, 3.8) is 0 Å². The van der Waals surface area contributed by atoms with Crippen molar-refractivity contribution in [2.45, 2.75) is 39.5 Å². The maximum absolute atomic E-state index is 12.6. The topological polar surface area (TPSA) is 55.8 Å². The molecular weight excluding hydrogens is 354 g/mol. The number of fused-ring (bicyclic) bond motifs is 1. The van der Waals surface area contributed by atoms with Crippen molar-refractivity contribution < 1.29 is 19.1 Å². The molecule has 1 aliphatic rings. The van der Waals surface area contributed by atoms with Crippen LogP contribution in [-0.2, 0) is 16.1 Å². The maximum Gasteiger partial charge on any atom is 0.338 e. The zero-order valence-corrected chi connectivity index (χ0v) is 15.6. The first-order chi connectivity index (χ1) is 12.3. The van der Waals surface area contributed by atoms with Gasteiger partial charge in [-0.2, -0.15) is 0 Å². The first-order valence-corrected chi connectivity index (χ1v) is 8.80. The van der Waals surface area contributed by atoms with Crippen molar-refractivity contribution >= 4 is 29.2 Å². The number of nitrogens with zero attached hydrogens (tertiary/aromatic N) is 1. The molecule has 0 fully saturated rings. The Hall–Kier alpha value is -2.53. The molecule has 0 saturated carbocycles. The van der Waals surface area contributed by atoms with Crippen LogP contribution < -0.4 is 9.64 Å². The number of ether oxygens (including phenoxy) is 2. The number of halogens is 1. The van der Waals surface area contributed by atoms with Gasteiger partial charge in [-0.15, -0.1) is 0 Å². The van der Waals surface area contributed by atoms with Gasteiger partial charge in [0, 0.05) is 5.02 Å². The summed E-state index contributed by atoms with van der Waals surface area (Å²) in [6.45, 7) is 5.69. The fourth-order valence-electron chi connectivity index (χ4n) is 2.75. The summed E-state index contributed by atoms with van der Waals surface area (Å²) in [5.74, 6) is 0.126. The molecule has 3 rings (SSSR count). The van der Waals surface area contributed by atoms with Gasteiger partial charge < -0.3 is 14.4 Å². The van der Waals surface area contributed by atoms with Crippen LogP contribution in [0.4, 0.5) is 5.69 Å². The summed E-state index contributed by atoms with van der Waals surface area (Å²) in [5, 5.41) is 0.534. The second-order valence-corrected chi connectivity index (χ2v) is 6.88. The molecule has 1 aliphatic heterocycles. The molecule has 0 bridgehead atoms. The molecule has 1 atom stereocenters. The molecular formula is C20H20ClNO4. The highest BCUT2D eigenvalue weighted by Gasteiger charge is 2.31. The van der Waals surface area contributed by atoms with Gasteiger partial charge in [0.1, 0.15) is 5.75 Å². The molecule has 5 nitrogen and oxygen atoms in total. The minimum Gasteiger partial charge on any atom is -0.479 e. The molecule has 2 aromatic rings. The van der Waals surface area contributed by atoms with E-state index in [4.69, 9.17) is 21.1 Å². The predicted octanol–water partition coefficient (Wildman–Crippen LogP) is 4.22. The fraction of sp³-hybridized carbons (Fsp3) is 0.300. The number of carbonyl (C=O) groups is 2. The maximum atomic E-state index is 12.6. The summed E-state index contributed by atoms with van der Waals surface area (Å²) in [6.07, 6.45) is -0.736. The Morgan fingerprint density at radius 2 is 1.92 bits per heavy atom. The lowest BCUT2D eigenvalue weighted by Gasteiger charge is -2.33. The second-order valence-electron chi connectivity index (χ2n) is 6.45. The lowest BCUT2D eigenvalue weighted by atomic mass is 10.1. The van der Waals surface area contributed by atoms with Crippen LogP contribution in [0.2, 0.25) is 5.02 Å². The number of benzene rings is 2. The van der Waals surface area contributed by atoms with E-state index < -0.39 is 6.10 Å². The Morgan fingerprint density at radius 1 is 1.23 bits per heavy atom. The number of rotatable bonds is 4. The van der Waals surface area contributed by atoms with E-state index in [1.165, 1.54) is 0 Å². The molecule has 0 spiro atoms. The third-order valence-electron chi connectivity index (χ3n) is 4.00. The smallest absolute Gasteiger partial charge is 0.338 e. The summed E-state index contributed by atoms with van der Waals surface area (Å²) < 4.78 is 10.8. The third kappa shape index (κ3) is 3.83. The SMILES string of the molecule is CC(C)OC(=O)c1ccc(CN2C(=O)C(C)Oc3ccc(Cl)cc32)cc1. The van der Waals surface area contributed by atoms with Gasteiger partial charge in [0.05, 0.1) is 23.9 Å². The quantitative estimate of drug-likeness (QED) is 0.753. The highest BCUT2D eigenvalue weighted by atomic mass is 35.5. The molecule has 6 heteroatoms. The molecule has 0 saturated heterocycles. The standard InChI is InChI=1S/C20H20ClNO4/c1-12(2)25-20(24)15-6-4-14(5-7-15)11-22-17-10-16(21)8-9-18(17)26-13(3)19(22)23/h4-10,12-13H,11H2,1-3H3. The third-order valence-corrected chi connectivity index (χ3v) is 4.24. The molecule has 0 radical (unpaired) electrons. The number of esters is 1. The van der Waals surface area contributed by atoms with Gasteiger partial charge in [-0.25, -0.2) is 4.79 Å². The number of hydrogen-bond donors (Lipinski definition) is 0. The Bertz CT molecular complexity index is 832. The summed E-state index contributed by atoms with van der Waals surface area (Å²) in [4.78, 5) is 26.2. The summed E-state index contributed by atoms with van der Waals surface area (Å²) in [5.41, 5.74) is 2.01. The van der Waals surface area contributed by atoms with E-state index in [-0.39, 0.29) is 18.0 Å². The average molecular weight is 374 g/mol. The van der Waals surface area contributed by atoms with Crippen LogP contribution in [0.15, 0.2) is 42.5 Å². The van der Waals surface area contributed by atoms with Crippen molar-refractivity contribution in [3.8, 4) is 5.75 Å². The van der Waals surface area contributed by atoms with Gasteiger partial charge in [0.2, 0.25) is 0 Å². The number of carbonyl (C=O) groups excluding carboxylic acids is 2. The lowest BCUT2D eigenvalue weighted by Crippen LogP contribution is -2.44. The first kappa shape index (κ1) is 18.3. The number of hydrogen-bond acceptors (Lipinski definition) is 4. The zero-order valence-electron chi connectivity index (χ0n) is 14.9. The van der Waals surface area contributed by atoms with Gasteiger partial charge in [0.15, 0.2) is 6.10 Å². The van der Waals surface area contributed by atoms with Gasteiger partial charge in [0.25, 0.3) is 5.91 Å². The van der Waals surface area contributed by atoms with Crippen molar-refractivity contribution in [2.24, 2.45) is 0 Å². The van der Waals surface area contributed by atoms with E-state index in [2.05, 4.69) is 0 Å². The summed E-state index contributed by atoms with van der Waals surface area (Å²) >= 11 is 6.08. The summed E-state index contributed by atoms with van der Waals surface area (Å²) in [7, 11) is 0. The predicted molar refractivity (Wildman–Crippen MR) is 99.7 cm³/mol. The molecule has 136 valence electrons. The Kier molecular flexibility index (Phi) is 5.18. The van der Waals surface area contributed by atoms with E-state index in [9.17, 15) is 9.59 Å². The minimum absolute atomic E-state index is 0.136. The van der Waals surface area contributed by atoms with E-state index in [1.54, 1.807) is 56.0 Å². The molecule has 0 aliphatic carbocycles. The van der Waals surface area contributed by atoms with Crippen molar-refractivity contribution in [1.29, 1.82) is 0 Å². The van der Waals surface area contributed by atoms with E-state index in [0.29, 0.717) is 28.6 Å². The number of anilines is 1. The van der Waals surface area contributed by atoms with Crippen molar-refractivity contribution in [3.05, 3.63) is 58.6 Å². The second kappa shape index (κ2) is 7.38. The van der Waals surface area contributed by atoms with E-state index in [0.717, 1.165) is 5.56 Å². The highest BCUT2D eigenvalue weighted by Crippen LogP contribution is 2.37. The molecule has 26 heavy (non-hydrogen) atoms. The van der Waals surface area contributed by atoms with Crippen LogP contribution in [0.1, 0.15) is 36.7 Å². The Balaban J connectivity index is 1.83. The van der Waals surface area contributed by atoms with E-state index >= 15 is 0 Å². The molecule has 1 amide bonds. The van der Waals surface area contributed by atoms with Crippen LogP contribution in [-0.4, -0.2) is 24.1 Å². The normalized spacial score (nSPS) is 16.3. The van der Waals surface area contributed by atoms with Crippen LogP contribution >= 0.6 is 11.6 Å². The largest absolute Gasteiger partial charge is 0.479 e. The molecule has 1 heterocycles. The highest BCUT2D eigenvalue weighted by molar-refractivity contribution is 6.31.